The zero-order chi connectivity index (χ0) is 14.2. The molecule has 1 aromatic rings. The molecule has 0 atom stereocenters. The first kappa shape index (κ1) is 13.3. The fraction of sp³-hybridized carbons (Fsp3) is 0.231. The van der Waals surface area contributed by atoms with Gasteiger partial charge in [-0.2, -0.15) is 13.2 Å². The molecule has 0 saturated heterocycles. The molecule has 1 aliphatic rings. The van der Waals surface area contributed by atoms with E-state index in [0.717, 1.165) is 4.90 Å². The molecule has 0 N–H and O–H groups in total. The fourth-order valence-corrected chi connectivity index (χ4v) is 1.95. The summed E-state index contributed by atoms with van der Waals surface area (Å²) in [5.41, 5.74) is 0.210. The minimum Gasteiger partial charge on any atom is -0.270 e. The van der Waals surface area contributed by atoms with E-state index in [1.165, 1.54) is 12.1 Å². The molecule has 19 heavy (non-hydrogen) atoms. The number of amides is 2. The van der Waals surface area contributed by atoms with Crippen LogP contribution >= 0.6 is 0 Å². The Balaban J connectivity index is 2.15. The molecule has 2 amide bonds. The number of benzene rings is 1. The first-order valence-corrected chi connectivity index (χ1v) is 5.48. The lowest BCUT2D eigenvalue weighted by atomic mass is 10.1. The van der Waals surface area contributed by atoms with E-state index in [1.807, 2.05) is 0 Å². The van der Waals surface area contributed by atoms with E-state index in [9.17, 15) is 22.8 Å². The Hall–Kier alpha value is -2.11. The van der Waals surface area contributed by atoms with Gasteiger partial charge in [0.25, 0.3) is 11.8 Å². The predicted octanol–water partition coefficient (Wildman–Crippen LogP) is 2.79. The molecule has 0 aliphatic carbocycles. The second-order valence-corrected chi connectivity index (χ2v) is 4.28. The van der Waals surface area contributed by atoms with Crippen LogP contribution in [0.1, 0.15) is 27.1 Å². The van der Waals surface area contributed by atoms with Crippen molar-refractivity contribution in [3.63, 3.8) is 0 Å². The van der Waals surface area contributed by atoms with Crippen molar-refractivity contribution < 1.29 is 22.8 Å². The zero-order valence-electron chi connectivity index (χ0n) is 9.83. The Morgan fingerprint density at radius 3 is 2.00 bits per heavy atom. The molecule has 1 heterocycles. The average molecular weight is 269 g/mol. The van der Waals surface area contributed by atoms with Crippen molar-refractivity contribution in [3.05, 3.63) is 47.5 Å². The van der Waals surface area contributed by atoms with Gasteiger partial charge in [0, 0.05) is 0 Å². The van der Waals surface area contributed by atoms with Crippen LogP contribution in [0.15, 0.2) is 36.4 Å². The Labute approximate surface area is 107 Å². The van der Waals surface area contributed by atoms with Gasteiger partial charge in [0.1, 0.15) is 0 Å². The molecule has 0 radical (unpaired) electrons. The Morgan fingerprint density at radius 2 is 1.58 bits per heavy atom. The first-order valence-electron chi connectivity index (χ1n) is 5.48. The van der Waals surface area contributed by atoms with Crippen molar-refractivity contribution in [3.8, 4) is 0 Å². The summed E-state index contributed by atoms with van der Waals surface area (Å²) in [7, 11) is 0. The van der Waals surface area contributed by atoms with Gasteiger partial charge in [0.15, 0.2) is 0 Å². The highest BCUT2D eigenvalue weighted by atomic mass is 19.4. The fourth-order valence-electron chi connectivity index (χ4n) is 1.95. The van der Waals surface area contributed by atoms with Crippen LogP contribution in [0.3, 0.4) is 0 Å². The van der Waals surface area contributed by atoms with E-state index in [4.69, 9.17) is 0 Å². The number of imide groups is 1. The molecule has 1 aliphatic heterocycles. The van der Waals surface area contributed by atoms with E-state index >= 15 is 0 Å². The Morgan fingerprint density at radius 1 is 1.11 bits per heavy atom. The van der Waals surface area contributed by atoms with Crippen molar-refractivity contribution in [2.24, 2.45) is 0 Å². The minimum absolute atomic E-state index is 0.215. The topological polar surface area (TPSA) is 37.4 Å². The van der Waals surface area contributed by atoms with Crippen molar-refractivity contribution >= 4 is 11.8 Å². The average Bonchev–Trinajstić information content (AvgIpc) is 2.53. The standard InChI is InChI=1S/C13H10F3NO2/c1-8(6-13(14,15)16)7-17-11(18)9-4-2-3-5-10(9)12(17)19/h2-5H,1,6-7H2. The highest BCUT2D eigenvalue weighted by Crippen LogP contribution is 2.27. The van der Waals surface area contributed by atoms with Crippen LogP contribution in [-0.4, -0.2) is 29.4 Å². The van der Waals surface area contributed by atoms with Crippen LogP contribution < -0.4 is 0 Å². The van der Waals surface area contributed by atoms with Crippen LogP contribution in [0, 0.1) is 0 Å². The summed E-state index contributed by atoms with van der Waals surface area (Å²) in [5, 5.41) is 0. The number of carbonyl (C=O) groups excluding carboxylic acids is 2. The molecule has 2 rings (SSSR count). The van der Waals surface area contributed by atoms with Crippen LogP contribution in [-0.2, 0) is 0 Å². The summed E-state index contributed by atoms with van der Waals surface area (Å²) in [4.78, 5) is 24.6. The van der Waals surface area contributed by atoms with E-state index in [0.29, 0.717) is 0 Å². The Kier molecular flexibility index (Phi) is 3.18. The molecule has 0 spiro atoms. The SMILES string of the molecule is C=C(CN1C(=O)c2ccccc2C1=O)CC(F)(F)F. The van der Waals surface area contributed by atoms with Gasteiger partial charge in [-0.25, -0.2) is 0 Å². The van der Waals surface area contributed by atoms with Crippen molar-refractivity contribution in [1.29, 1.82) is 0 Å². The quantitative estimate of drug-likeness (QED) is 0.625. The lowest BCUT2D eigenvalue weighted by Gasteiger charge is -2.16. The number of rotatable bonds is 3. The summed E-state index contributed by atoms with van der Waals surface area (Å²) in [6.45, 7) is 2.86. The van der Waals surface area contributed by atoms with Gasteiger partial charge in [0.05, 0.1) is 24.1 Å². The molecule has 1 aromatic carbocycles. The molecule has 0 bridgehead atoms. The van der Waals surface area contributed by atoms with Gasteiger partial charge in [-0.15, -0.1) is 0 Å². The smallest absolute Gasteiger partial charge is 0.270 e. The first-order chi connectivity index (χ1) is 8.79. The zero-order valence-corrected chi connectivity index (χ0v) is 9.83. The van der Waals surface area contributed by atoms with Crippen molar-refractivity contribution in [2.75, 3.05) is 6.54 Å². The van der Waals surface area contributed by atoms with Gasteiger partial charge in [0.2, 0.25) is 0 Å². The molecule has 0 unspecified atom stereocenters. The highest BCUT2D eigenvalue weighted by molar-refractivity contribution is 6.21. The summed E-state index contributed by atoms with van der Waals surface area (Å²) in [5.74, 6) is -1.16. The Bertz CT molecular complexity index is 528. The van der Waals surface area contributed by atoms with Crippen molar-refractivity contribution in [2.45, 2.75) is 12.6 Å². The normalized spacial score (nSPS) is 14.8. The van der Waals surface area contributed by atoms with Gasteiger partial charge in [-0.3, -0.25) is 14.5 Å². The minimum atomic E-state index is -4.39. The molecular formula is C13H10F3NO2. The molecule has 6 heteroatoms. The number of fused-ring (bicyclic) bond motifs is 1. The maximum atomic E-state index is 12.2. The summed E-state index contributed by atoms with van der Waals surface area (Å²) in [6.07, 6.45) is -5.60. The van der Waals surface area contributed by atoms with Gasteiger partial charge >= 0.3 is 6.18 Å². The van der Waals surface area contributed by atoms with Crippen LogP contribution in [0.5, 0.6) is 0 Å². The predicted molar refractivity (Wildman–Crippen MR) is 61.6 cm³/mol. The molecule has 3 nitrogen and oxygen atoms in total. The van der Waals surface area contributed by atoms with Gasteiger partial charge < -0.3 is 0 Å². The largest absolute Gasteiger partial charge is 0.392 e. The van der Waals surface area contributed by atoms with E-state index < -0.39 is 31.0 Å². The van der Waals surface area contributed by atoms with Gasteiger partial charge in [-0.1, -0.05) is 18.7 Å². The number of hydrogen-bond donors (Lipinski definition) is 0. The molecule has 0 fully saturated rings. The second kappa shape index (κ2) is 4.53. The monoisotopic (exact) mass is 269 g/mol. The number of alkyl halides is 3. The van der Waals surface area contributed by atoms with E-state index in [-0.39, 0.29) is 16.7 Å². The summed E-state index contributed by atoms with van der Waals surface area (Å²) < 4.78 is 36.6. The lowest BCUT2D eigenvalue weighted by molar-refractivity contribution is -0.127. The van der Waals surface area contributed by atoms with E-state index in [1.54, 1.807) is 12.1 Å². The van der Waals surface area contributed by atoms with Crippen LogP contribution in [0.2, 0.25) is 0 Å². The second-order valence-electron chi connectivity index (χ2n) is 4.28. The number of hydrogen-bond acceptors (Lipinski definition) is 2. The summed E-state index contributed by atoms with van der Waals surface area (Å²) in [6, 6.07) is 6.14. The number of nitrogens with zero attached hydrogens (tertiary/aromatic N) is 1. The lowest BCUT2D eigenvalue weighted by Crippen LogP contribution is -2.32. The van der Waals surface area contributed by atoms with Crippen molar-refractivity contribution in [1.82, 2.24) is 4.90 Å². The maximum Gasteiger partial charge on any atom is 0.392 e. The molecule has 0 aromatic heterocycles. The summed E-state index contributed by atoms with van der Waals surface area (Å²) >= 11 is 0. The molecule has 100 valence electrons. The third kappa shape index (κ3) is 2.67. The molecule has 0 saturated carbocycles. The maximum absolute atomic E-state index is 12.2. The van der Waals surface area contributed by atoms with Crippen LogP contribution in [0.25, 0.3) is 0 Å². The van der Waals surface area contributed by atoms with Crippen LogP contribution in [0.4, 0.5) is 13.2 Å². The highest BCUT2D eigenvalue weighted by Gasteiger charge is 2.36. The number of carbonyl (C=O) groups is 2. The third-order valence-electron chi connectivity index (χ3n) is 2.71. The van der Waals surface area contributed by atoms with Gasteiger partial charge in [-0.05, 0) is 17.7 Å². The molecular weight excluding hydrogens is 259 g/mol. The van der Waals surface area contributed by atoms with E-state index in [2.05, 4.69) is 6.58 Å². The number of halogens is 3. The third-order valence-corrected chi connectivity index (χ3v) is 2.71.